The van der Waals surface area contributed by atoms with Crippen LogP contribution in [0.4, 0.5) is 0 Å². The minimum atomic E-state index is 0. The number of benzene rings is 3. The topological polar surface area (TPSA) is 56.7 Å². The van der Waals surface area contributed by atoms with Crippen LogP contribution in [0.2, 0.25) is 0 Å². The van der Waals surface area contributed by atoms with Gasteiger partial charge in [-0.15, -0.1) is 54.1 Å². The van der Waals surface area contributed by atoms with Gasteiger partial charge in [0.05, 0.1) is 22.4 Å². The van der Waals surface area contributed by atoms with Gasteiger partial charge < -0.3 is 14.0 Å². The summed E-state index contributed by atoms with van der Waals surface area (Å²) in [5, 5.41) is 2.12. The third kappa shape index (κ3) is 6.65. The minimum absolute atomic E-state index is 0. The molecule has 2 aliphatic rings. The van der Waals surface area contributed by atoms with E-state index in [4.69, 9.17) is 9.40 Å². The molecular weight excluding hydrogens is 781 g/mol. The van der Waals surface area contributed by atoms with Crippen LogP contribution in [-0.2, 0) is 26.7 Å². The first-order valence-corrected chi connectivity index (χ1v) is 17.1. The standard InChI is InChI=1S/C22H19N2O.C21H21N2.Ir/c1-14-9-10-18-17-7-4-8-19(21(17)25-22(18)24-14)20-13-16(11-12-23-20)15-5-2-3-6-15;1-21(2,3)13-15-12-17-10-7-11-18-19(17)23(14-15)20(22-18)16-8-5-4-6-9-16;/h4,7,9-13,15H,2-3,5-6H2,1H3;4-8,10-12H,13-14H2,1-3H3;/q2*-1;. The molecule has 1 saturated carbocycles. The van der Waals surface area contributed by atoms with Gasteiger partial charge in [0, 0.05) is 43.9 Å². The van der Waals surface area contributed by atoms with Crippen LogP contribution in [0, 0.1) is 24.5 Å². The molecule has 49 heavy (non-hydrogen) atoms. The molecule has 0 amide bonds. The Balaban J connectivity index is 0.000000152. The van der Waals surface area contributed by atoms with Gasteiger partial charge in [0.1, 0.15) is 0 Å². The molecule has 1 aliphatic heterocycles. The Bertz CT molecular complexity index is 2300. The Morgan fingerprint density at radius 1 is 0.898 bits per heavy atom. The van der Waals surface area contributed by atoms with Crippen molar-refractivity contribution in [1.82, 2.24) is 19.5 Å². The molecule has 7 aromatic rings. The predicted octanol–water partition coefficient (Wildman–Crippen LogP) is 11.1. The normalized spacial score (nSPS) is 14.5. The van der Waals surface area contributed by atoms with E-state index in [2.05, 4.69) is 96.0 Å². The number of imidazole rings is 1. The summed E-state index contributed by atoms with van der Waals surface area (Å²) in [6, 6.07) is 33.6. The maximum absolute atomic E-state index is 6.10. The van der Waals surface area contributed by atoms with Crippen LogP contribution in [0.1, 0.15) is 75.6 Å². The monoisotopic (exact) mass is 821 g/mol. The Morgan fingerprint density at radius 3 is 2.55 bits per heavy atom. The number of rotatable bonds is 4. The quantitative estimate of drug-likeness (QED) is 0.166. The van der Waals surface area contributed by atoms with Crippen molar-refractivity contribution in [1.29, 1.82) is 0 Å². The second kappa shape index (κ2) is 13.5. The molecule has 9 rings (SSSR count). The summed E-state index contributed by atoms with van der Waals surface area (Å²) in [6.07, 6.45) is 10.6. The van der Waals surface area contributed by atoms with E-state index in [9.17, 15) is 0 Å². The molecule has 0 N–H and O–H groups in total. The third-order valence-corrected chi connectivity index (χ3v) is 9.53. The number of fused-ring (bicyclic) bond motifs is 3. The predicted molar refractivity (Wildman–Crippen MR) is 196 cm³/mol. The van der Waals surface area contributed by atoms with Crippen molar-refractivity contribution in [2.45, 2.75) is 72.3 Å². The molecule has 5 heterocycles. The van der Waals surface area contributed by atoms with Crippen LogP contribution >= 0.6 is 0 Å². The summed E-state index contributed by atoms with van der Waals surface area (Å²) >= 11 is 0. The molecular formula is C43H40IrN4O-2. The number of aryl methyl sites for hydroxylation is 1. The van der Waals surface area contributed by atoms with E-state index >= 15 is 0 Å². The molecule has 0 spiro atoms. The van der Waals surface area contributed by atoms with Crippen LogP contribution in [0.25, 0.3) is 61.8 Å². The van der Waals surface area contributed by atoms with Crippen molar-refractivity contribution in [3.05, 3.63) is 120 Å². The van der Waals surface area contributed by atoms with Gasteiger partial charge in [0.15, 0.2) is 0 Å². The SMILES string of the molecule is CC(C)(C)CC1=Cc2cccc3nc(-c4[c-]cccc4)n(c23)C1.Cc1ccc2c(n1)oc1c(-c3cc(C4CCCC4)ccn3)[c-]ccc12.[Ir]. The van der Waals surface area contributed by atoms with Crippen LogP contribution in [0.15, 0.2) is 95.0 Å². The summed E-state index contributed by atoms with van der Waals surface area (Å²) < 4.78 is 8.46. The molecule has 1 radical (unpaired) electrons. The van der Waals surface area contributed by atoms with E-state index in [1.165, 1.54) is 47.9 Å². The smallest absolute Gasteiger partial charge is 0.216 e. The van der Waals surface area contributed by atoms with Gasteiger partial charge in [-0.1, -0.05) is 80.0 Å². The first-order chi connectivity index (χ1) is 23.3. The first-order valence-electron chi connectivity index (χ1n) is 17.1. The zero-order chi connectivity index (χ0) is 32.8. The van der Waals surface area contributed by atoms with Crippen molar-refractivity contribution >= 4 is 39.2 Å². The fourth-order valence-electron chi connectivity index (χ4n) is 7.48. The van der Waals surface area contributed by atoms with Crippen LogP contribution in [0.5, 0.6) is 0 Å². The summed E-state index contributed by atoms with van der Waals surface area (Å²) in [7, 11) is 0. The number of nitrogens with zero attached hydrogens (tertiary/aromatic N) is 4. The average Bonchev–Trinajstić information content (AvgIpc) is 3.83. The number of hydrogen-bond acceptors (Lipinski definition) is 4. The molecule has 1 aliphatic carbocycles. The Morgan fingerprint density at radius 2 is 1.76 bits per heavy atom. The van der Waals surface area contributed by atoms with E-state index in [1.54, 1.807) is 0 Å². The Hall–Kier alpha value is -4.38. The van der Waals surface area contributed by atoms with Crippen molar-refractivity contribution in [2.24, 2.45) is 5.41 Å². The second-order valence-electron chi connectivity index (χ2n) is 14.5. The largest absolute Gasteiger partial charge is 0.486 e. The summed E-state index contributed by atoms with van der Waals surface area (Å²) in [6.45, 7) is 9.78. The zero-order valence-electron chi connectivity index (χ0n) is 28.5. The van der Waals surface area contributed by atoms with Gasteiger partial charge in [-0.2, -0.15) is 0 Å². The van der Waals surface area contributed by atoms with Gasteiger partial charge in [-0.25, -0.2) is 4.98 Å². The van der Waals surface area contributed by atoms with Gasteiger partial charge in [-0.05, 0) is 73.0 Å². The van der Waals surface area contributed by atoms with Crippen LogP contribution < -0.4 is 0 Å². The third-order valence-electron chi connectivity index (χ3n) is 9.53. The first kappa shape index (κ1) is 33.1. The number of furan rings is 1. The van der Waals surface area contributed by atoms with Crippen molar-refractivity contribution in [2.75, 3.05) is 0 Å². The van der Waals surface area contributed by atoms with Gasteiger partial charge in [-0.3, -0.25) is 4.98 Å². The van der Waals surface area contributed by atoms with Crippen LogP contribution in [-0.4, -0.2) is 19.5 Å². The number of allylic oxidation sites excluding steroid dienone is 1. The zero-order valence-corrected chi connectivity index (χ0v) is 30.9. The molecule has 0 bridgehead atoms. The molecule has 1 fully saturated rings. The molecule has 0 unspecified atom stereocenters. The maximum Gasteiger partial charge on any atom is 0.216 e. The van der Waals surface area contributed by atoms with Gasteiger partial charge >= 0.3 is 0 Å². The number of hydrogen-bond donors (Lipinski definition) is 0. The molecule has 0 atom stereocenters. The molecule has 4 aromatic heterocycles. The van der Waals surface area contributed by atoms with E-state index < -0.39 is 0 Å². The number of pyridine rings is 2. The summed E-state index contributed by atoms with van der Waals surface area (Å²) in [4.78, 5) is 14.0. The maximum atomic E-state index is 6.10. The van der Waals surface area contributed by atoms with Crippen LogP contribution in [0.3, 0.4) is 0 Å². The molecule has 5 nitrogen and oxygen atoms in total. The van der Waals surface area contributed by atoms with E-state index in [1.807, 2.05) is 49.5 Å². The molecule has 249 valence electrons. The average molecular weight is 821 g/mol. The van der Waals surface area contributed by atoms with Gasteiger partial charge in [0.2, 0.25) is 5.71 Å². The molecule has 3 aromatic carbocycles. The Kier molecular flexibility index (Phi) is 9.13. The van der Waals surface area contributed by atoms with Gasteiger partial charge in [0.25, 0.3) is 0 Å². The van der Waals surface area contributed by atoms with E-state index in [0.717, 1.165) is 63.2 Å². The molecule has 6 heteroatoms. The fraction of sp³-hybridized carbons (Fsp3) is 0.279. The van der Waals surface area contributed by atoms with E-state index in [0.29, 0.717) is 11.6 Å². The van der Waals surface area contributed by atoms with Crippen molar-refractivity contribution < 1.29 is 24.5 Å². The van der Waals surface area contributed by atoms with Crippen molar-refractivity contribution in [3.63, 3.8) is 0 Å². The molecule has 0 saturated heterocycles. The number of para-hydroxylation sites is 1. The summed E-state index contributed by atoms with van der Waals surface area (Å²) in [5.74, 6) is 1.69. The minimum Gasteiger partial charge on any atom is -0.486 e. The summed E-state index contributed by atoms with van der Waals surface area (Å²) in [5.41, 5.74) is 12.1. The van der Waals surface area contributed by atoms with Crippen molar-refractivity contribution in [3.8, 4) is 22.6 Å². The number of aromatic nitrogens is 4. The van der Waals surface area contributed by atoms with E-state index in [-0.39, 0.29) is 25.5 Å². The fourth-order valence-corrected chi connectivity index (χ4v) is 7.48. The second-order valence-corrected chi connectivity index (χ2v) is 14.5. The Labute approximate surface area is 301 Å².